The molecule has 3 rings (SSSR count). The van der Waals surface area contributed by atoms with Gasteiger partial charge >= 0.3 is 0 Å². The molecule has 1 aromatic rings. The van der Waals surface area contributed by atoms with Gasteiger partial charge in [0.15, 0.2) is 0 Å². The lowest BCUT2D eigenvalue weighted by molar-refractivity contribution is 0.0788. The number of carbonyl (C=O) groups is 1. The average molecular weight is 406 g/mol. The maximum atomic E-state index is 14.4. The number of piperidine rings is 1. The van der Waals surface area contributed by atoms with Crippen molar-refractivity contribution in [3.63, 3.8) is 0 Å². The minimum Gasteiger partial charge on any atom is -0.339 e. The van der Waals surface area contributed by atoms with Crippen molar-refractivity contribution in [2.45, 2.75) is 49.6 Å². The van der Waals surface area contributed by atoms with E-state index in [1.165, 1.54) is 12.1 Å². The summed E-state index contributed by atoms with van der Waals surface area (Å²) < 4.78 is 42.1. The van der Waals surface area contributed by atoms with Crippen LogP contribution in [0, 0.1) is 5.82 Å². The Bertz CT molecular complexity index is 754. The molecule has 9 heteroatoms. The molecule has 26 heavy (non-hydrogen) atoms. The lowest BCUT2D eigenvalue weighted by Gasteiger charge is -2.30. The van der Waals surface area contributed by atoms with Gasteiger partial charge in [-0.15, -0.1) is 12.4 Å². The summed E-state index contributed by atoms with van der Waals surface area (Å²) in [5.41, 5.74) is -0.0754. The van der Waals surface area contributed by atoms with Gasteiger partial charge in [-0.25, -0.2) is 17.5 Å². The molecule has 2 unspecified atom stereocenters. The molecule has 2 heterocycles. The summed E-state index contributed by atoms with van der Waals surface area (Å²) in [5, 5.41) is 3.22. The molecule has 0 saturated carbocycles. The molecule has 1 aromatic carbocycles. The Morgan fingerprint density at radius 2 is 1.96 bits per heavy atom. The van der Waals surface area contributed by atoms with Gasteiger partial charge < -0.3 is 10.2 Å². The molecule has 0 radical (unpaired) electrons. The highest BCUT2D eigenvalue weighted by Crippen LogP contribution is 2.20. The minimum absolute atomic E-state index is 0. The zero-order valence-electron chi connectivity index (χ0n) is 14.7. The van der Waals surface area contributed by atoms with Gasteiger partial charge in [-0.05, 0) is 57.4 Å². The Kier molecular flexibility index (Phi) is 7.01. The highest BCUT2D eigenvalue weighted by Gasteiger charge is 2.28. The number of nitrogens with one attached hydrogen (secondary N) is 2. The van der Waals surface area contributed by atoms with Gasteiger partial charge in [0.2, 0.25) is 10.0 Å². The number of likely N-dealkylation sites (tertiary alicyclic amines) is 1. The maximum Gasteiger partial charge on any atom is 0.256 e. The molecule has 0 bridgehead atoms. The second-order valence-electron chi connectivity index (χ2n) is 6.75. The van der Waals surface area contributed by atoms with Crippen molar-refractivity contribution in [3.05, 3.63) is 29.6 Å². The van der Waals surface area contributed by atoms with Crippen LogP contribution in [0.25, 0.3) is 0 Å². The van der Waals surface area contributed by atoms with Crippen molar-refractivity contribution in [2.75, 3.05) is 19.6 Å². The molecule has 2 aliphatic rings. The molecular weight excluding hydrogens is 381 g/mol. The molecule has 2 aliphatic heterocycles. The van der Waals surface area contributed by atoms with E-state index < -0.39 is 15.8 Å². The number of carbonyl (C=O) groups excluding carboxylic acids is 1. The topological polar surface area (TPSA) is 78.5 Å². The number of halogens is 2. The molecule has 146 valence electrons. The fourth-order valence-electron chi connectivity index (χ4n) is 3.40. The van der Waals surface area contributed by atoms with Crippen molar-refractivity contribution in [1.29, 1.82) is 0 Å². The average Bonchev–Trinajstić information content (AvgIpc) is 3.10. The van der Waals surface area contributed by atoms with Crippen LogP contribution < -0.4 is 10.0 Å². The summed E-state index contributed by atoms with van der Waals surface area (Å²) in [4.78, 5) is 13.7. The lowest BCUT2D eigenvalue weighted by atomic mass is 10.0. The second kappa shape index (κ2) is 8.65. The summed E-state index contributed by atoms with van der Waals surface area (Å²) in [7, 11) is -3.83. The van der Waals surface area contributed by atoms with E-state index in [0.29, 0.717) is 13.1 Å². The van der Waals surface area contributed by atoms with Crippen LogP contribution in [0.15, 0.2) is 23.1 Å². The van der Waals surface area contributed by atoms with Crippen LogP contribution in [0.1, 0.15) is 43.0 Å². The standard InChI is InChI=1S/C17H24FN3O3S.ClH/c1-12-16(5-4-8-19-12)20-25(23,24)13-6-7-14(15(18)11-13)17(22)21-9-2-3-10-21;/h6-7,11-12,16,19-20H,2-5,8-10H2,1H3;1H. The number of hydrogen-bond acceptors (Lipinski definition) is 4. The molecule has 2 fully saturated rings. The summed E-state index contributed by atoms with van der Waals surface area (Å²) in [6, 6.07) is 3.30. The van der Waals surface area contributed by atoms with Gasteiger partial charge in [0.25, 0.3) is 5.91 Å². The Morgan fingerprint density at radius 1 is 1.27 bits per heavy atom. The fraction of sp³-hybridized carbons (Fsp3) is 0.588. The largest absolute Gasteiger partial charge is 0.339 e. The van der Waals surface area contributed by atoms with Gasteiger partial charge in [0.05, 0.1) is 10.5 Å². The van der Waals surface area contributed by atoms with Crippen LogP contribution in [0.2, 0.25) is 0 Å². The maximum absolute atomic E-state index is 14.4. The zero-order valence-corrected chi connectivity index (χ0v) is 16.3. The number of sulfonamides is 1. The van der Waals surface area contributed by atoms with E-state index in [2.05, 4.69) is 10.0 Å². The van der Waals surface area contributed by atoms with Gasteiger partial charge in [-0.2, -0.15) is 0 Å². The smallest absolute Gasteiger partial charge is 0.256 e. The van der Waals surface area contributed by atoms with Crippen LogP contribution in [-0.4, -0.2) is 50.9 Å². The Balaban J connectivity index is 0.00000243. The predicted octanol–water partition coefficient (Wildman–Crippen LogP) is 1.90. The molecule has 0 aliphatic carbocycles. The van der Waals surface area contributed by atoms with Gasteiger partial charge in [-0.3, -0.25) is 4.79 Å². The third-order valence-corrected chi connectivity index (χ3v) is 6.43. The first-order valence-electron chi connectivity index (χ1n) is 8.73. The lowest BCUT2D eigenvalue weighted by Crippen LogP contribution is -2.51. The normalized spacial score (nSPS) is 23.5. The molecule has 2 N–H and O–H groups in total. The summed E-state index contributed by atoms with van der Waals surface area (Å²) in [6.07, 6.45) is 3.45. The SMILES string of the molecule is CC1NCCCC1NS(=O)(=O)c1ccc(C(=O)N2CCCC2)c(F)c1.Cl. The van der Waals surface area contributed by atoms with Crippen molar-refractivity contribution < 1.29 is 17.6 Å². The molecule has 0 spiro atoms. The van der Waals surface area contributed by atoms with E-state index in [9.17, 15) is 17.6 Å². The number of rotatable bonds is 4. The van der Waals surface area contributed by atoms with Crippen molar-refractivity contribution >= 4 is 28.3 Å². The molecule has 2 atom stereocenters. The van der Waals surface area contributed by atoms with Crippen LogP contribution in [0.3, 0.4) is 0 Å². The van der Waals surface area contributed by atoms with E-state index in [1.54, 1.807) is 4.90 Å². The Labute approximate surface area is 160 Å². The summed E-state index contributed by atoms with van der Waals surface area (Å²) in [6.45, 7) is 4.02. The van der Waals surface area contributed by atoms with Crippen molar-refractivity contribution in [3.8, 4) is 0 Å². The molecule has 6 nitrogen and oxygen atoms in total. The Hall–Kier alpha value is -1.22. The first-order valence-corrected chi connectivity index (χ1v) is 10.2. The fourth-order valence-corrected chi connectivity index (χ4v) is 4.76. The van der Waals surface area contributed by atoms with E-state index >= 15 is 0 Å². The third-order valence-electron chi connectivity index (χ3n) is 4.94. The predicted molar refractivity (Wildman–Crippen MR) is 99.6 cm³/mol. The highest BCUT2D eigenvalue weighted by molar-refractivity contribution is 7.89. The first kappa shape index (κ1) is 21.1. The van der Waals surface area contributed by atoms with Crippen molar-refractivity contribution in [2.24, 2.45) is 0 Å². The molecular formula is C17H25ClFN3O3S. The van der Waals surface area contributed by atoms with E-state index in [0.717, 1.165) is 38.3 Å². The van der Waals surface area contributed by atoms with E-state index in [1.807, 2.05) is 6.92 Å². The van der Waals surface area contributed by atoms with Gasteiger partial charge in [0.1, 0.15) is 5.82 Å². The summed E-state index contributed by atoms with van der Waals surface area (Å²) in [5.74, 6) is -1.17. The molecule has 1 amide bonds. The van der Waals surface area contributed by atoms with Gasteiger partial charge in [0, 0.05) is 25.2 Å². The summed E-state index contributed by atoms with van der Waals surface area (Å²) >= 11 is 0. The van der Waals surface area contributed by atoms with E-state index in [-0.39, 0.29) is 40.9 Å². The Morgan fingerprint density at radius 3 is 2.58 bits per heavy atom. The van der Waals surface area contributed by atoms with Crippen LogP contribution >= 0.6 is 12.4 Å². The van der Waals surface area contributed by atoms with Crippen LogP contribution in [0.4, 0.5) is 4.39 Å². The van der Waals surface area contributed by atoms with Crippen LogP contribution in [0.5, 0.6) is 0 Å². The first-order chi connectivity index (χ1) is 11.9. The second-order valence-corrected chi connectivity index (χ2v) is 8.47. The van der Waals surface area contributed by atoms with Gasteiger partial charge in [-0.1, -0.05) is 0 Å². The zero-order chi connectivity index (χ0) is 18.0. The quantitative estimate of drug-likeness (QED) is 0.802. The molecule has 0 aromatic heterocycles. The number of amides is 1. The molecule has 2 saturated heterocycles. The monoisotopic (exact) mass is 405 g/mol. The minimum atomic E-state index is -3.83. The highest BCUT2D eigenvalue weighted by atomic mass is 35.5. The number of hydrogen-bond donors (Lipinski definition) is 2. The van der Waals surface area contributed by atoms with E-state index in [4.69, 9.17) is 0 Å². The van der Waals surface area contributed by atoms with Crippen LogP contribution in [-0.2, 0) is 10.0 Å². The van der Waals surface area contributed by atoms with Crippen molar-refractivity contribution in [1.82, 2.24) is 14.9 Å². The number of nitrogens with zero attached hydrogens (tertiary/aromatic N) is 1. The number of benzene rings is 1. The third kappa shape index (κ3) is 4.54.